The van der Waals surface area contributed by atoms with E-state index in [0.717, 1.165) is 17.1 Å². The third kappa shape index (κ3) is 6.16. The molecule has 3 N–H and O–H groups in total. The monoisotopic (exact) mass is 580 g/mol. The lowest BCUT2D eigenvalue weighted by Gasteiger charge is -2.11. The van der Waals surface area contributed by atoms with Gasteiger partial charge in [0.1, 0.15) is 11.5 Å². The topological polar surface area (TPSA) is 105 Å². The van der Waals surface area contributed by atoms with E-state index in [2.05, 4.69) is 49.2 Å². The van der Waals surface area contributed by atoms with Crippen molar-refractivity contribution in [1.29, 1.82) is 0 Å². The molecule has 5 aromatic rings. The SMILES string of the molecule is C=C/C(=C\C(=C/CCl)n1cnc(C)c1)NC(=O)c1cc(C#Cc2cnc3c(Nc4cn[nH]c4)cccn23)c(C)cc1F. The standard InChI is InChI=1S/C31H26ClFN8O/c1-4-23(14-25(9-10-32)40-18-21(3)35-19-40)39-31(42)27-13-22(20(2)12-28(27)33)7-8-26-17-34-30-29(6-5-11-41(26)30)38-24-15-36-37-16-24/h4-6,9,11-19,38H,1,10H2,2-3H3,(H,36,37)(H,39,42)/b23-14+,25-9+. The lowest BCUT2D eigenvalue weighted by atomic mass is 10.0. The number of alkyl halides is 1. The molecule has 0 fully saturated rings. The van der Waals surface area contributed by atoms with Crippen molar-refractivity contribution < 1.29 is 9.18 Å². The molecule has 0 saturated carbocycles. The number of rotatable bonds is 8. The van der Waals surface area contributed by atoms with Crippen LogP contribution in [0.3, 0.4) is 0 Å². The van der Waals surface area contributed by atoms with Crippen LogP contribution in [0, 0.1) is 31.5 Å². The molecule has 4 aromatic heterocycles. The molecule has 1 amide bonds. The quantitative estimate of drug-likeness (QED) is 0.123. The number of imidazole rings is 2. The molecule has 11 heteroatoms. The van der Waals surface area contributed by atoms with Crippen LogP contribution in [-0.4, -0.2) is 40.9 Å². The van der Waals surface area contributed by atoms with E-state index < -0.39 is 11.7 Å². The molecular formula is C31H26ClFN8O. The number of aromatic amines is 1. The summed E-state index contributed by atoms with van der Waals surface area (Å²) in [6.45, 7) is 7.38. The Labute approximate surface area is 246 Å². The van der Waals surface area contributed by atoms with Crippen molar-refractivity contribution in [2.24, 2.45) is 0 Å². The third-order valence-corrected chi connectivity index (χ3v) is 6.43. The normalized spacial score (nSPS) is 11.7. The summed E-state index contributed by atoms with van der Waals surface area (Å²) < 4.78 is 18.6. The maximum atomic E-state index is 15.0. The number of halogens is 2. The first-order valence-corrected chi connectivity index (χ1v) is 13.4. The van der Waals surface area contributed by atoms with E-state index in [0.29, 0.717) is 33.9 Å². The summed E-state index contributed by atoms with van der Waals surface area (Å²) in [6, 6.07) is 6.51. The van der Waals surface area contributed by atoms with Gasteiger partial charge in [0.15, 0.2) is 5.65 Å². The van der Waals surface area contributed by atoms with Gasteiger partial charge in [-0.25, -0.2) is 14.4 Å². The van der Waals surface area contributed by atoms with E-state index in [1.54, 1.807) is 48.6 Å². The summed E-state index contributed by atoms with van der Waals surface area (Å²) in [5.74, 6) is 5.11. The Balaban J connectivity index is 1.41. The number of carbonyl (C=O) groups is 1. The van der Waals surface area contributed by atoms with Crippen molar-refractivity contribution in [3.8, 4) is 11.8 Å². The maximum Gasteiger partial charge on any atom is 0.258 e. The van der Waals surface area contributed by atoms with Crippen molar-refractivity contribution in [1.82, 2.24) is 34.4 Å². The summed E-state index contributed by atoms with van der Waals surface area (Å²) in [4.78, 5) is 21.9. The van der Waals surface area contributed by atoms with Gasteiger partial charge in [-0.05, 0) is 67.8 Å². The predicted octanol–water partition coefficient (Wildman–Crippen LogP) is 5.73. The second-order valence-electron chi connectivity index (χ2n) is 9.23. The number of nitrogens with zero attached hydrogens (tertiary/aromatic N) is 5. The zero-order chi connectivity index (χ0) is 29.6. The maximum absolute atomic E-state index is 15.0. The average molecular weight is 581 g/mol. The number of allylic oxidation sites excluding steroid dienone is 4. The van der Waals surface area contributed by atoms with Crippen molar-refractivity contribution >= 4 is 40.2 Å². The molecule has 42 heavy (non-hydrogen) atoms. The molecule has 0 aliphatic heterocycles. The summed E-state index contributed by atoms with van der Waals surface area (Å²) >= 11 is 5.94. The predicted molar refractivity (Wildman–Crippen MR) is 162 cm³/mol. The Kier molecular flexibility index (Phi) is 8.32. The van der Waals surface area contributed by atoms with Crippen LogP contribution in [0.5, 0.6) is 0 Å². The fraction of sp³-hybridized carbons (Fsp3) is 0.0968. The molecule has 4 heterocycles. The number of hydrogen-bond donors (Lipinski definition) is 3. The number of H-pyrrole nitrogens is 1. The number of hydrogen-bond acceptors (Lipinski definition) is 5. The van der Waals surface area contributed by atoms with Crippen LogP contribution in [0.4, 0.5) is 15.8 Å². The fourth-order valence-electron chi connectivity index (χ4n) is 4.17. The van der Waals surface area contributed by atoms with Gasteiger partial charge in [-0.2, -0.15) is 5.10 Å². The minimum absolute atomic E-state index is 0.149. The van der Waals surface area contributed by atoms with Gasteiger partial charge in [-0.3, -0.25) is 14.3 Å². The van der Waals surface area contributed by atoms with Crippen LogP contribution in [-0.2, 0) is 0 Å². The number of fused-ring (bicyclic) bond motifs is 1. The van der Waals surface area contributed by atoms with Crippen LogP contribution in [0.2, 0.25) is 0 Å². The van der Waals surface area contributed by atoms with Gasteiger partial charge in [0.05, 0.1) is 41.4 Å². The van der Waals surface area contributed by atoms with Crippen molar-refractivity contribution in [3.05, 3.63) is 126 Å². The number of carbonyl (C=O) groups excluding carboxylic acids is 1. The van der Waals surface area contributed by atoms with E-state index in [9.17, 15) is 9.18 Å². The number of anilines is 2. The van der Waals surface area contributed by atoms with Gasteiger partial charge >= 0.3 is 0 Å². The first kappa shape index (κ1) is 28.1. The number of pyridine rings is 1. The molecule has 1 aromatic carbocycles. The van der Waals surface area contributed by atoms with Crippen LogP contribution < -0.4 is 10.6 Å². The minimum Gasteiger partial charge on any atom is -0.350 e. The number of amides is 1. The van der Waals surface area contributed by atoms with E-state index in [1.165, 1.54) is 18.2 Å². The largest absolute Gasteiger partial charge is 0.350 e. The number of nitrogens with one attached hydrogen (secondary N) is 3. The van der Waals surface area contributed by atoms with Crippen molar-refractivity contribution in [3.63, 3.8) is 0 Å². The van der Waals surface area contributed by atoms with Gasteiger partial charge in [-0.1, -0.05) is 12.5 Å². The smallest absolute Gasteiger partial charge is 0.258 e. The highest BCUT2D eigenvalue weighted by Gasteiger charge is 2.15. The molecule has 0 unspecified atom stereocenters. The highest BCUT2D eigenvalue weighted by molar-refractivity contribution is 6.19. The summed E-state index contributed by atoms with van der Waals surface area (Å²) in [6.07, 6.45) is 15.3. The third-order valence-electron chi connectivity index (χ3n) is 6.27. The Morgan fingerprint density at radius 2 is 2.10 bits per heavy atom. The molecule has 0 saturated heterocycles. The lowest BCUT2D eigenvalue weighted by molar-refractivity contribution is 0.0963. The van der Waals surface area contributed by atoms with E-state index in [4.69, 9.17) is 11.6 Å². The van der Waals surface area contributed by atoms with Crippen LogP contribution >= 0.6 is 11.6 Å². The first-order chi connectivity index (χ1) is 20.4. The molecule has 0 radical (unpaired) electrons. The highest BCUT2D eigenvalue weighted by atomic mass is 35.5. The zero-order valence-corrected chi connectivity index (χ0v) is 23.6. The average Bonchev–Trinajstić information content (AvgIpc) is 3.74. The molecule has 0 atom stereocenters. The van der Waals surface area contributed by atoms with E-state index >= 15 is 0 Å². The Bertz CT molecular complexity index is 1900. The number of aryl methyl sites for hydroxylation is 2. The summed E-state index contributed by atoms with van der Waals surface area (Å²) in [7, 11) is 0. The minimum atomic E-state index is -0.662. The molecule has 0 aliphatic rings. The molecule has 0 bridgehead atoms. The van der Waals surface area contributed by atoms with Crippen LogP contribution in [0.1, 0.15) is 32.9 Å². The van der Waals surface area contributed by atoms with Crippen LogP contribution in [0.15, 0.2) is 92.1 Å². The Morgan fingerprint density at radius 1 is 1.24 bits per heavy atom. The van der Waals surface area contributed by atoms with Crippen molar-refractivity contribution in [2.75, 3.05) is 11.2 Å². The van der Waals surface area contributed by atoms with Gasteiger partial charge in [0.2, 0.25) is 0 Å². The fourth-order valence-corrected chi connectivity index (χ4v) is 4.33. The van der Waals surface area contributed by atoms with E-state index in [1.807, 2.05) is 35.9 Å². The van der Waals surface area contributed by atoms with Gasteiger partial charge < -0.3 is 15.2 Å². The zero-order valence-electron chi connectivity index (χ0n) is 22.8. The highest BCUT2D eigenvalue weighted by Crippen LogP contribution is 2.21. The second kappa shape index (κ2) is 12.4. The molecule has 0 aliphatic carbocycles. The van der Waals surface area contributed by atoms with Crippen molar-refractivity contribution in [2.45, 2.75) is 13.8 Å². The Morgan fingerprint density at radius 3 is 2.81 bits per heavy atom. The van der Waals surface area contributed by atoms with Gasteiger partial charge in [0, 0.05) is 41.4 Å². The van der Waals surface area contributed by atoms with Gasteiger partial charge in [-0.15, -0.1) is 11.6 Å². The summed E-state index contributed by atoms with van der Waals surface area (Å²) in [5, 5.41) is 12.7. The summed E-state index contributed by atoms with van der Waals surface area (Å²) in [5.41, 5.74) is 5.68. The molecule has 5 rings (SSSR count). The van der Waals surface area contributed by atoms with Gasteiger partial charge in [0.25, 0.3) is 5.91 Å². The molecule has 0 spiro atoms. The molecule has 210 valence electrons. The number of aromatic nitrogens is 6. The van der Waals surface area contributed by atoms with E-state index in [-0.39, 0.29) is 11.4 Å². The van der Waals surface area contributed by atoms with Crippen LogP contribution in [0.25, 0.3) is 11.3 Å². The molecular weight excluding hydrogens is 555 g/mol. The molecule has 9 nitrogen and oxygen atoms in total. The second-order valence-corrected chi connectivity index (χ2v) is 9.54. The Hall–Kier alpha value is -5.40. The first-order valence-electron chi connectivity index (χ1n) is 12.8. The lowest BCUT2D eigenvalue weighted by Crippen LogP contribution is -2.23. The number of benzene rings is 1.